The molecule has 1 aliphatic heterocycles. The Morgan fingerprint density at radius 2 is 2.00 bits per heavy atom. The molecular formula is C18H16ClIN2O3. The van der Waals surface area contributed by atoms with Gasteiger partial charge in [-0.25, -0.2) is 0 Å². The first kappa shape index (κ1) is 18.0. The molecule has 1 saturated heterocycles. The van der Waals surface area contributed by atoms with Gasteiger partial charge in [-0.05, 0) is 65.1 Å². The van der Waals surface area contributed by atoms with Gasteiger partial charge < -0.3 is 15.0 Å². The van der Waals surface area contributed by atoms with Gasteiger partial charge in [-0.2, -0.15) is 0 Å². The molecule has 0 aromatic heterocycles. The number of halogens is 2. The molecule has 5 nitrogen and oxygen atoms in total. The van der Waals surface area contributed by atoms with Gasteiger partial charge in [-0.15, -0.1) is 0 Å². The highest BCUT2D eigenvalue weighted by Gasteiger charge is 2.36. The van der Waals surface area contributed by atoms with Gasteiger partial charge in [0.2, 0.25) is 11.8 Å². The van der Waals surface area contributed by atoms with E-state index in [4.69, 9.17) is 16.3 Å². The summed E-state index contributed by atoms with van der Waals surface area (Å²) >= 11 is 8.25. The molecular weight excluding hydrogens is 455 g/mol. The smallest absolute Gasteiger partial charge is 0.229 e. The number of benzene rings is 2. The van der Waals surface area contributed by atoms with Gasteiger partial charge in [0.05, 0.1) is 18.7 Å². The number of amides is 2. The average Bonchev–Trinajstić information content (AvgIpc) is 2.98. The molecule has 0 bridgehead atoms. The summed E-state index contributed by atoms with van der Waals surface area (Å²) in [5, 5.41) is 3.37. The second-order valence-corrected chi connectivity index (χ2v) is 7.40. The molecule has 2 aromatic carbocycles. The van der Waals surface area contributed by atoms with Gasteiger partial charge in [0.1, 0.15) is 5.75 Å². The highest BCUT2D eigenvalue weighted by atomic mass is 127. The van der Waals surface area contributed by atoms with Crippen LogP contribution in [0.5, 0.6) is 5.75 Å². The molecule has 0 spiro atoms. The van der Waals surface area contributed by atoms with Gasteiger partial charge in [0.15, 0.2) is 0 Å². The van der Waals surface area contributed by atoms with Crippen LogP contribution < -0.4 is 15.0 Å². The number of methoxy groups -OCH3 is 1. The first-order valence-corrected chi connectivity index (χ1v) is 9.14. The fraction of sp³-hybridized carbons (Fsp3) is 0.222. The topological polar surface area (TPSA) is 58.6 Å². The van der Waals surface area contributed by atoms with Gasteiger partial charge in [-0.3, -0.25) is 9.59 Å². The summed E-state index contributed by atoms with van der Waals surface area (Å²) in [7, 11) is 1.54. The van der Waals surface area contributed by atoms with Crippen LogP contribution in [-0.4, -0.2) is 25.5 Å². The zero-order valence-corrected chi connectivity index (χ0v) is 16.4. The van der Waals surface area contributed by atoms with Crippen LogP contribution in [0.1, 0.15) is 6.42 Å². The normalized spacial score (nSPS) is 16.8. The van der Waals surface area contributed by atoms with Crippen molar-refractivity contribution in [3.8, 4) is 5.75 Å². The summed E-state index contributed by atoms with van der Waals surface area (Å²) in [6.45, 7) is 0.297. The quantitative estimate of drug-likeness (QED) is 0.689. The predicted molar refractivity (Wildman–Crippen MR) is 106 cm³/mol. The summed E-state index contributed by atoms with van der Waals surface area (Å²) in [4.78, 5) is 26.5. The largest absolute Gasteiger partial charge is 0.495 e. The number of anilines is 2. The number of hydrogen-bond acceptors (Lipinski definition) is 3. The number of rotatable bonds is 4. The van der Waals surface area contributed by atoms with Crippen molar-refractivity contribution in [1.82, 2.24) is 0 Å². The highest BCUT2D eigenvalue weighted by molar-refractivity contribution is 14.1. The lowest BCUT2D eigenvalue weighted by Crippen LogP contribution is -2.28. The number of carbonyl (C=O) groups is 2. The second kappa shape index (κ2) is 7.61. The van der Waals surface area contributed by atoms with Crippen molar-refractivity contribution in [2.24, 2.45) is 5.92 Å². The lowest BCUT2D eigenvalue weighted by molar-refractivity contribution is -0.122. The van der Waals surface area contributed by atoms with Gasteiger partial charge in [0, 0.05) is 27.2 Å². The van der Waals surface area contributed by atoms with Crippen molar-refractivity contribution in [2.75, 3.05) is 23.9 Å². The summed E-state index contributed by atoms with van der Waals surface area (Å²) in [5.41, 5.74) is 1.31. The Labute approximate surface area is 164 Å². The van der Waals surface area contributed by atoms with E-state index in [0.29, 0.717) is 23.0 Å². The summed E-state index contributed by atoms with van der Waals surface area (Å²) in [5.74, 6) is -0.159. The Hall–Kier alpha value is -1.80. The molecule has 0 aliphatic carbocycles. The lowest BCUT2D eigenvalue weighted by atomic mass is 10.1. The molecule has 130 valence electrons. The van der Waals surface area contributed by atoms with Crippen molar-refractivity contribution in [3.63, 3.8) is 0 Å². The second-order valence-electron chi connectivity index (χ2n) is 5.72. The van der Waals surface area contributed by atoms with Crippen molar-refractivity contribution < 1.29 is 14.3 Å². The Kier molecular flexibility index (Phi) is 5.48. The molecule has 0 saturated carbocycles. The molecule has 2 aromatic rings. The Morgan fingerprint density at radius 3 is 2.68 bits per heavy atom. The van der Waals surface area contributed by atoms with Crippen molar-refractivity contribution >= 4 is 57.4 Å². The number of nitrogens with one attached hydrogen (secondary N) is 1. The monoisotopic (exact) mass is 470 g/mol. The van der Waals surface area contributed by atoms with Crippen LogP contribution in [0.2, 0.25) is 5.02 Å². The Bertz CT molecular complexity index is 810. The van der Waals surface area contributed by atoms with Crippen molar-refractivity contribution in [1.29, 1.82) is 0 Å². The van der Waals surface area contributed by atoms with Gasteiger partial charge >= 0.3 is 0 Å². The molecule has 7 heteroatoms. The minimum absolute atomic E-state index is 0.122. The molecule has 1 aliphatic rings. The molecule has 1 fully saturated rings. The minimum atomic E-state index is -0.421. The van der Waals surface area contributed by atoms with Gasteiger partial charge in [-0.1, -0.05) is 11.6 Å². The maximum atomic E-state index is 12.5. The molecule has 25 heavy (non-hydrogen) atoms. The van der Waals surface area contributed by atoms with Crippen LogP contribution in [0.4, 0.5) is 11.4 Å². The van der Waals surface area contributed by atoms with Crippen LogP contribution in [0.25, 0.3) is 0 Å². The van der Waals surface area contributed by atoms with E-state index in [0.717, 1.165) is 9.26 Å². The number of carbonyl (C=O) groups excluding carboxylic acids is 2. The molecule has 1 heterocycles. The molecule has 1 N–H and O–H groups in total. The van der Waals surface area contributed by atoms with E-state index < -0.39 is 5.92 Å². The SMILES string of the molecule is COc1ccc(Cl)cc1N1CC(C(=O)Nc2ccc(I)cc2)CC1=O. The van der Waals surface area contributed by atoms with Crippen LogP contribution in [0.15, 0.2) is 42.5 Å². The Morgan fingerprint density at radius 1 is 1.28 bits per heavy atom. The fourth-order valence-electron chi connectivity index (χ4n) is 2.77. The van der Waals surface area contributed by atoms with E-state index in [-0.39, 0.29) is 18.2 Å². The van der Waals surface area contributed by atoms with Crippen LogP contribution >= 0.6 is 34.2 Å². The first-order valence-electron chi connectivity index (χ1n) is 7.68. The Balaban J connectivity index is 1.75. The summed E-state index contributed by atoms with van der Waals surface area (Å²) in [6, 6.07) is 12.6. The average molecular weight is 471 g/mol. The van der Waals surface area contributed by atoms with Crippen LogP contribution in [0, 0.1) is 9.49 Å². The van der Waals surface area contributed by atoms with Crippen molar-refractivity contribution in [2.45, 2.75) is 6.42 Å². The lowest BCUT2D eigenvalue weighted by Gasteiger charge is -2.19. The first-order chi connectivity index (χ1) is 12.0. The highest BCUT2D eigenvalue weighted by Crippen LogP contribution is 2.35. The van der Waals surface area contributed by atoms with Crippen molar-refractivity contribution in [3.05, 3.63) is 51.1 Å². The van der Waals surface area contributed by atoms with E-state index in [2.05, 4.69) is 27.9 Å². The number of hydrogen-bond donors (Lipinski definition) is 1. The summed E-state index contributed by atoms with van der Waals surface area (Å²) in [6.07, 6.45) is 0.159. The molecule has 0 radical (unpaired) electrons. The molecule has 1 unspecified atom stereocenters. The summed E-state index contributed by atoms with van der Waals surface area (Å²) < 4.78 is 6.40. The van der Waals surface area contributed by atoms with E-state index in [1.165, 1.54) is 7.11 Å². The maximum Gasteiger partial charge on any atom is 0.229 e. The third-order valence-electron chi connectivity index (χ3n) is 4.04. The van der Waals surface area contributed by atoms with Gasteiger partial charge in [0.25, 0.3) is 0 Å². The van der Waals surface area contributed by atoms with Crippen LogP contribution in [0.3, 0.4) is 0 Å². The number of nitrogens with zero attached hydrogens (tertiary/aromatic N) is 1. The van der Waals surface area contributed by atoms with E-state index in [1.807, 2.05) is 24.3 Å². The number of ether oxygens (including phenoxy) is 1. The standard InChI is InChI=1S/C18H16ClIN2O3/c1-25-16-7-2-12(19)9-15(16)22-10-11(8-17(22)23)18(24)21-14-5-3-13(20)4-6-14/h2-7,9,11H,8,10H2,1H3,(H,21,24). The third-order valence-corrected chi connectivity index (χ3v) is 4.99. The van der Waals surface area contributed by atoms with E-state index in [9.17, 15) is 9.59 Å². The molecule has 2 amide bonds. The fourth-order valence-corrected chi connectivity index (χ4v) is 3.29. The molecule has 1 atom stereocenters. The van der Waals surface area contributed by atoms with E-state index >= 15 is 0 Å². The zero-order chi connectivity index (χ0) is 18.0. The van der Waals surface area contributed by atoms with E-state index in [1.54, 1.807) is 23.1 Å². The minimum Gasteiger partial charge on any atom is -0.495 e. The third kappa shape index (κ3) is 4.07. The molecule has 3 rings (SSSR count). The zero-order valence-electron chi connectivity index (χ0n) is 13.5. The maximum absolute atomic E-state index is 12.5. The predicted octanol–water partition coefficient (Wildman–Crippen LogP) is 3.94. The van der Waals surface area contributed by atoms with Crippen LogP contribution in [-0.2, 0) is 9.59 Å².